The van der Waals surface area contributed by atoms with E-state index in [0.717, 1.165) is 5.56 Å². The van der Waals surface area contributed by atoms with Crippen molar-refractivity contribution in [2.24, 2.45) is 0 Å². The molecule has 3 rings (SSSR count). The van der Waals surface area contributed by atoms with Gasteiger partial charge >= 0.3 is 6.03 Å². The van der Waals surface area contributed by atoms with Gasteiger partial charge in [-0.25, -0.2) is 9.18 Å². The van der Waals surface area contributed by atoms with Gasteiger partial charge in [0.05, 0.1) is 6.61 Å². The number of carbonyl (C=O) groups excluding carboxylic acids is 2. The summed E-state index contributed by atoms with van der Waals surface area (Å²) in [6.07, 6.45) is 2.31. The van der Waals surface area contributed by atoms with Gasteiger partial charge in [0.2, 0.25) is 0 Å². The van der Waals surface area contributed by atoms with Gasteiger partial charge in [-0.2, -0.15) is 0 Å². The third kappa shape index (κ3) is 4.93. The molecule has 2 aromatic carbocycles. The van der Waals surface area contributed by atoms with Crippen LogP contribution in [0.1, 0.15) is 31.4 Å². The minimum absolute atomic E-state index is 0.228. The maximum absolute atomic E-state index is 13.0. The molecule has 0 unspecified atom stereocenters. The summed E-state index contributed by atoms with van der Waals surface area (Å²) < 4.78 is 24.5. The molecule has 1 aliphatic heterocycles. The molecule has 7 heteroatoms. The first-order valence-corrected chi connectivity index (χ1v) is 9.50. The summed E-state index contributed by atoms with van der Waals surface area (Å²) in [4.78, 5) is 25.5. The maximum atomic E-state index is 13.0. The Morgan fingerprint density at radius 3 is 2.48 bits per heavy atom. The molecule has 1 saturated heterocycles. The first-order chi connectivity index (χ1) is 14.0. The smallest absolute Gasteiger partial charge is 0.329 e. The van der Waals surface area contributed by atoms with E-state index in [0.29, 0.717) is 36.6 Å². The van der Waals surface area contributed by atoms with Gasteiger partial charge in [-0.1, -0.05) is 25.1 Å². The predicted molar refractivity (Wildman–Crippen MR) is 107 cm³/mol. The van der Waals surface area contributed by atoms with Gasteiger partial charge in [0, 0.05) is 6.54 Å². The summed E-state index contributed by atoms with van der Waals surface area (Å²) in [5.74, 6) is 0.414. The molecule has 1 aliphatic rings. The maximum Gasteiger partial charge on any atom is 0.329 e. The summed E-state index contributed by atoms with van der Waals surface area (Å²) in [6, 6.07) is 10.9. The number of nitrogens with one attached hydrogen (secondary N) is 1. The topological polar surface area (TPSA) is 67.9 Å². The number of halogens is 1. The fourth-order valence-corrected chi connectivity index (χ4v) is 2.91. The van der Waals surface area contributed by atoms with Crippen LogP contribution in [0.4, 0.5) is 9.18 Å². The molecule has 0 bridgehead atoms. The molecule has 0 aliphatic carbocycles. The molecule has 29 heavy (non-hydrogen) atoms. The minimum Gasteiger partial charge on any atom is -0.490 e. The van der Waals surface area contributed by atoms with Crippen molar-refractivity contribution in [2.75, 3.05) is 13.2 Å². The Hall–Kier alpha value is -3.35. The second-order valence-electron chi connectivity index (χ2n) is 6.50. The molecule has 0 spiro atoms. The molecule has 1 heterocycles. The first kappa shape index (κ1) is 20.4. The number of ether oxygens (including phenoxy) is 2. The lowest BCUT2D eigenvalue weighted by atomic mass is 10.1. The van der Waals surface area contributed by atoms with Gasteiger partial charge in [-0.15, -0.1) is 0 Å². The summed E-state index contributed by atoms with van der Waals surface area (Å²) in [5, 5.41) is 2.60. The second kappa shape index (κ2) is 9.23. The molecule has 0 atom stereocenters. The van der Waals surface area contributed by atoms with E-state index in [1.54, 1.807) is 36.4 Å². The number of imide groups is 1. The average molecular weight is 398 g/mol. The van der Waals surface area contributed by atoms with Crippen molar-refractivity contribution in [3.63, 3.8) is 0 Å². The van der Waals surface area contributed by atoms with Crippen LogP contribution in [0.25, 0.3) is 6.08 Å². The van der Waals surface area contributed by atoms with Crippen LogP contribution in [0.2, 0.25) is 0 Å². The van der Waals surface area contributed by atoms with E-state index in [4.69, 9.17) is 9.47 Å². The van der Waals surface area contributed by atoms with Gasteiger partial charge in [0.1, 0.15) is 18.1 Å². The molecule has 1 N–H and O–H groups in total. The van der Waals surface area contributed by atoms with E-state index in [-0.39, 0.29) is 24.0 Å². The summed E-state index contributed by atoms with van der Waals surface area (Å²) in [6.45, 7) is 4.84. The SMILES string of the molecule is CCCN1C(=O)N/C(=C/c2ccc(OCc3ccc(F)cc3)c(OCC)c2)C1=O. The highest BCUT2D eigenvalue weighted by molar-refractivity contribution is 6.13. The number of urea groups is 1. The number of benzene rings is 2. The fourth-order valence-electron chi connectivity index (χ4n) is 2.91. The van der Waals surface area contributed by atoms with E-state index in [1.165, 1.54) is 17.0 Å². The molecule has 1 fully saturated rings. The quantitative estimate of drug-likeness (QED) is 0.537. The van der Waals surface area contributed by atoms with Crippen molar-refractivity contribution in [3.05, 3.63) is 65.1 Å². The van der Waals surface area contributed by atoms with E-state index in [1.807, 2.05) is 13.8 Å². The monoisotopic (exact) mass is 398 g/mol. The molecule has 0 radical (unpaired) electrons. The standard InChI is InChI=1S/C22H23FN2O4/c1-3-11-25-21(26)18(24-22(25)27)12-16-7-10-19(20(13-16)28-4-2)29-14-15-5-8-17(23)9-6-15/h5-10,12-13H,3-4,11,14H2,1-2H3,(H,24,27)/b18-12+. The highest BCUT2D eigenvalue weighted by Crippen LogP contribution is 2.30. The molecule has 2 aromatic rings. The average Bonchev–Trinajstić information content (AvgIpc) is 2.97. The van der Waals surface area contributed by atoms with Crippen LogP contribution in [0.15, 0.2) is 48.2 Å². The summed E-state index contributed by atoms with van der Waals surface area (Å²) in [7, 11) is 0. The van der Waals surface area contributed by atoms with Crippen LogP contribution in [-0.2, 0) is 11.4 Å². The fraction of sp³-hybridized carbons (Fsp3) is 0.273. The Kier molecular flexibility index (Phi) is 6.49. The highest BCUT2D eigenvalue weighted by Gasteiger charge is 2.32. The van der Waals surface area contributed by atoms with E-state index in [9.17, 15) is 14.0 Å². The number of hydrogen-bond acceptors (Lipinski definition) is 4. The number of rotatable bonds is 8. The Bertz CT molecular complexity index is 925. The van der Waals surface area contributed by atoms with Crippen molar-refractivity contribution in [1.82, 2.24) is 10.2 Å². The van der Waals surface area contributed by atoms with Gasteiger partial charge in [0.25, 0.3) is 5.91 Å². The molecule has 0 aromatic heterocycles. The number of nitrogens with zero attached hydrogens (tertiary/aromatic N) is 1. The molecule has 152 valence electrons. The second-order valence-corrected chi connectivity index (χ2v) is 6.50. The van der Waals surface area contributed by atoms with Crippen LogP contribution in [-0.4, -0.2) is 30.0 Å². The van der Waals surface area contributed by atoms with Gasteiger partial charge in [0.15, 0.2) is 11.5 Å². The van der Waals surface area contributed by atoms with Crippen molar-refractivity contribution in [3.8, 4) is 11.5 Å². The number of carbonyl (C=O) groups is 2. The van der Waals surface area contributed by atoms with Crippen molar-refractivity contribution >= 4 is 18.0 Å². The van der Waals surface area contributed by atoms with Crippen molar-refractivity contribution in [1.29, 1.82) is 0 Å². The first-order valence-electron chi connectivity index (χ1n) is 9.50. The van der Waals surface area contributed by atoms with Gasteiger partial charge in [-0.05, 0) is 54.8 Å². The largest absolute Gasteiger partial charge is 0.490 e. The Balaban J connectivity index is 1.77. The van der Waals surface area contributed by atoms with Crippen LogP contribution in [0, 0.1) is 5.82 Å². The van der Waals surface area contributed by atoms with Crippen LogP contribution in [0.3, 0.4) is 0 Å². The van der Waals surface area contributed by atoms with E-state index < -0.39 is 6.03 Å². The number of amides is 3. The van der Waals surface area contributed by atoms with Crippen molar-refractivity contribution < 1.29 is 23.5 Å². The summed E-state index contributed by atoms with van der Waals surface area (Å²) in [5.41, 5.74) is 1.76. The van der Waals surface area contributed by atoms with Crippen LogP contribution < -0.4 is 14.8 Å². The Morgan fingerprint density at radius 1 is 1.03 bits per heavy atom. The number of hydrogen-bond donors (Lipinski definition) is 1. The zero-order valence-electron chi connectivity index (χ0n) is 16.4. The Labute approximate surface area is 168 Å². The zero-order valence-corrected chi connectivity index (χ0v) is 16.4. The molecule has 6 nitrogen and oxygen atoms in total. The highest BCUT2D eigenvalue weighted by atomic mass is 19.1. The molecule has 3 amide bonds. The molecular weight excluding hydrogens is 375 g/mol. The van der Waals surface area contributed by atoms with Gasteiger partial charge in [-0.3, -0.25) is 9.69 Å². The van der Waals surface area contributed by atoms with E-state index in [2.05, 4.69) is 5.32 Å². The third-order valence-electron chi connectivity index (χ3n) is 4.30. The molecular formula is C22H23FN2O4. The normalized spacial score (nSPS) is 15.0. The van der Waals surface area contributed by atoms with E-state index >= 15 is 0 Å². The predicted octanol–water partition coefficient (Wildman–Crippen LogP) is 4.11. The lowest BCUT2D eigenvalue weighted by molar-refractivity contribution is -0.122. The lowest BCUT2D eigenvalue weighted by Crippen LogP contribution is -2.31. The third-order valence-corrected chi connectivity index (χ3v) is 4.30. The van der Waals surface area contributed by atoms with Crippen molar-refractivity contribution in [2.45, 2.75) is 26.9 Å². The lowest BCUT2D eigenvalue weighted by Gasteiger charge is -2.13. The van der Waals surface area contributed by atoms with Gasteiger partial charge < -0.3 is 14.8 Å². The minimum atomic E-state index is -0.410. The zero-order chi connectivity index (χ0) is 20.8. The van der Waals surface area contributed by atoms with Crippen LogP contribution >= 0.6 is 0 Å². The molecule has 0 saturated carbocycles. The Morgan fingerprint density at radius 2 is 1.79 bits per heavy atom. The van der Waals surface area contributed by atoms with Crippen LogP contribution in [0.5, 0.6) is 11.5 Å². The summed E-state index contributed by atoms with van der Waals surface area (Å²) >= 11 is 0.